The summed E-state index contributed by atoms with van der Waals surface area (Å²) >= 11 is 0. The summed E-state index contributed by atoms with van der Waals surface area (Å²) in [5.74, 6) is 0.579. The normalized spacial score (nSPS) is 13.2. The van der Waals surface area contributed by atoms with Crippen molar-refractivity contribution >= 4 is 5.97 Å². The van der Waals surface area contributed by atoms with Crippen LogP contribution < -0.4 is 4.74 Å². The highest BCUT2D eigenvalue weighted by atomic mass is 16.7. The van der Waals surface area contributed by atoms with E-state index in [9.17, 15) is 4.79 Å². The average molecular weight is 497 g/mol. The number of likely N-dealkylation sites (N-methyl/N-ethyl adjacent to an activating group) is 1. The molecule has 0 aliphatic heterocycles. The molecule has 0 heterocycles. The maximum absolute atomic E-state index is 12.9. The Morgan fingerprint density at radius 1 is 0.778 bits per heavy atom. The van der Waals surface area contributed by atoms with Gasteiger partial charge in [0.15, 0.2) is 6.04 Å². The summed E-state index contributed by atoms with van der Waals surface area (Å²) in [6.45, 7) is 6.76. The third-order valence-electron chi connectivity index (χ3n) is 7.17. The summed E-state index contributed by atoms with van der Waals surface area (Å²) in [6, 6.07) is 18.1. The summed E-state index contributed by atoms with van der Waals surface area (Å²) in [5.41, 5.74) is 2.39. The maximum Gasteiger partial charge on any atom is 0.367 e. The quantitative estimate of drug-likeness (QED) is 0.0905. The Balaban J connectivity index is 1.75. The van der Waals surface area contributed by atoms with Crippen molar-refractivity contribution in [3.8, 4) is 5.75 Å². The van der Waals surface area contributed by atoms with Crippen LogP contribution in [0.2, 0.25) is 0 Å². The van der Waals surface area contributed by atoms with Crippen molar-refractivity contribution in [1.82, 2.24) is 0 Å². The van der Waals surface area contributed by atoms with Crippen molar-refractivity contribution < 1.29 is 18.8 Å². The molecule has 0 aliphatic carbocycles. The number of nitrogens with zero attached hydrogens (tertiary/aromatic N) is 1. The van der Waals surface area contributed by atoms with Crippen molar-refractivity contribution in [2.45, 2.75) is 110 Å². The van der Waals surface area contributed by atoms with E-state index in [-0.39, 0.29) is 12.0 Å². The summed E-state index contributed by atoms with van der Waals surface area (Å²) in [4.78, 5) is 12.9. The number of hydrogen-bond donors (Lipinski definition) is 0. The number of aryl methyl sites for hydroxylation is 1. The average Bonchev–Trinajstić information content (AvgIpc) is 2.86. The number of rotatable bonds is 18. The van der Waals surface area contributed by atoms with E-state index in [4.69, 9.17) is 9.47 Å². The first-order chi connectivity index (χ1) is 17.3. The van der Waals surface area contributed by atoms with Crippen LogP contribution in [0.4, 0.5) is 0 Å². The standard InChI is InChI=1S/C32H50NO3/c1-6-7-8-9-10-11-12-13-14-18-23-30-24-19-20-25-31(30)35-28(3)36-32(34)27(2)33(4,5)26-29-21-16-15-17-22-29/h15-17,19-22,24-25,27-28H,6-14,18,23,26H2,1-5H3/q+1. The molecule has 0 fully saturated rings. The van der Waals surface area contributed by atoms with Gasteiger partial charge in [-0.1, -0.05) is 113 Å². The van der Waals surface area contributed by atoms with Crippen LogP contribution in [0.5, 0.6) is 5.75 Å². The second kappa shape index (κ2) is 16.4. The zero-order chi connectivity index (χ0) is 26.2. The van der Waals surface area contributed by atoms with E-state index in [1.54, 1.807) is 6.92 Å². The first kappa shape index (κ1) is 29.9. The van der Waals surface area contributed by atoms with Gasteiger partial charge in [-0.15, -0.1) is 0 Å². The van der Waals surface area contributed by atoms with Gasteiger partial charge < -0.3 is 14.0 Å². The highest BCUT2D eigenvalue weighted by Gasteiger charge is 2.33. The highest BCUT2D eigenvalue weighted by Crippen LogP contribution is 2.23. The topological polar surface area (TPSA) is 35.5 Å². The summed E-state index contributed by atoms with van der Waals surface area (Å²) in [5, 5.41) is 0. The van der Waals surface area contributed by atoms with E-state index >= 15 is 0 Å². The molecule has 2 rings (SSSR count). The van der Waals surface area contributed by atoms with Gasteiger partial charge in [0.2, 0.25) is 6.29 Å². The number of ether oxygens (including phenoxy) is 2. The van der Waals surface area contributed by atoms with E-state index in [1.807, 2.05) is 37.3 Å². The molecule has 200 valence electrons. The Hall–Kier alpha value is -2.33. The number of carbonyl (C=O) groups excluding carboxylic acids is 1. The zero-order valence-electron chi connectivity index (χ0n) is 23.5. The van der Waals surface area contributed by atoms with Crippen LogP contribution >= 0.6 is 0 Å². The Morgan fingerprint density at radius 3 is 1.97 bits per heavy atom. The van der Waals surface area contributed by atoms with E-state index in [1.165, 1.54) is 68.9 Å². The molecule has 0 spiro atoms. The van der Waals surface area contributed by atoms with Gasteiger partial charge in [0, 0.05) is 12.5 Å². The van der Waals surface area contributed by atoms with Gasteiger partial charge in [0.05, 0.1) is 14.1 Å². The van der Waals surface area contributed by atoms with Crippen molar-refractivity contribution in [3.05, 3.63) is 65.7 Å². The van der Waals surface area contributed by atoms with Crippen LogP contribution in [0.3, 0.4) is 0 Å². The molecule has 2 atom stereocenters. The van der Waals surface area contributed by atoms with Gasteiger partial charge in [-0.3, -0.25) is 0 Å². The minimum Gasteiger partial charge on any atom is -0.455 e. The molecule has 0 aromatic heterocycles. The molecule has 0 saturated carbocycles. The summed E-state index contributed by atoms with van der Waals surface area (Å²) < 4.78 is 12.3. The lowest BCUT2D eigenvalue weighted by atomic mass is 10.0. The molecular formula is C32H50NO3+. The molecule has 2 aromatic rings. The lowest BCUT2D eigenvalue weighted by Gasteiger charge is -2.35. The second-order valence-corrected chi connectivity index (χ2v) is 10.8. The number of esters is 1. The van der Waals surface area contributed by atoms with Crippen LogP contribution in [0.15, 0.2) is 54.6 Å². The first-order valence-electron chi connectivity index (χ1n) is 14.1. The lowest BCUT2D eigenvalue weighted by molar-refractivity contribution is -0.917. The van der Waals surface area contributed by atoms with E-state index < -0.39 is 6.29 Å². The molecular weight excluding hydrogens is 446 g/mol. The molecule has 4 nitrogen and oxygen atoms in total. The van der Waals surface area contributed by atoms with Crippen LogP contribution in [0, 0.1) is 0 Å². The second-order valence-electron chi connectivity index (χ2n) is 10.8. The Morgan fingerprint density at radius 2 is 1.33 bits per heavy atom. The fourth-order valence-electron chi connectivity index (χ4n) is 4.57. The van der Waals surface area contributed by atoms with Crippen molar-refractivity contribution in [2.24, 2.45) is 0 Å². The van der Waals surface area contributed by atoms with Gasteiger partial charge in [-0.25, -0.2) is 4.79 Å². The van der Waals surface area contributed by atoms with Gasteiger partial charge in [0.1, 0.15) is 12.3 Å². The molecule has 2 unspecified atom stereocenters. The Labute approximate surface area is 220 Å². The number of hydrogen-bond acceptors (Lipinski definition) is 3. The molecule has 0 saturated heterocycles. The number of benzene rings is 2. The molecule has 0 radical (unpaired) electrons. The van der Waals surface area contributed by atoms with Crippen molar-refractivity contribution in [3.63, 3.8) is 0 Å². The lowest BCUT2D eigenvalue weighted by Crippen LogP contribution is -2.51. The summed E-state index contributed by atoms with van der Waals surface area (Å²) in [7, 11) is 4.12. The Bertz CT molecular complexity index is 865. The number of unbranched alkanes of at least 4 members (excludes halogenated alkanes) is 9. The molecule has 0 aliphatic rings. The molecule has 0 bridgehead atoms. The monoisotopic (exact) mass is 496 g/mol. The SMILES string of the molecule is CCCCCCCCCCCCc1ccccc1OC(C)OC(=O)C(C)[N+](C)(C)Cc1ccccc1. The van der Waals surface area contributed by atoms with E-state index in [2.05, 4.69) is 45.3 Å². The molecule has 4 heteroatoms. The van der Waals surface area contributed by atoms with Gasteiger partial charge in [-0.2, -0.15) is 0 Å². The van der Waals surface area contributed by atoms with Crippen LogP contribution in [-0.2, 0) is 22.5 Å². The minimum absolute atomic E-state index is 0.240. The molecule has 36 heavy (non-hydrogen) atoms. The third kappa shape index (κ3) is 11.2. The van der Waals surface area contributed by atoms with Crippen molar-refractivity contribution in [1.29, 1.82) is 0 Å². The van der Waals surface area contributed by atoms with Gasteiger partial charge in [0.25, 0.3) is 0 Å². The number of quaternary nitrogens is 1. The van der Waals surface area contributed by atoms with E-state index in [0.29, 0.717) is 4.48 Å². The summed E-state index contributed by atoms with van der Waals surface area (Å²) in [6.07, 6.45) is 13.6. The van der Waals surface area contributed by atoms with Crippen LogP contribution in [-0.4, -0.2) is 36.9 Å². The fourth-order valence-corrected chi connectivity index (χ4v) is 4.57. The van der Waals surface area contributed by atoms with Gasteiger partial charge >= 0.3 is 5.97 Å². The number of para-hydroxylation sites is 1. The number of carbonyl (C=O) groups is 1. The largest absolute Gasteiger partial charge is 0.455 e. The zero-order valence-corrected chi connectivity index (χ0v) is 23.5. The molecule has 2 aromatic carbocycles. The fraction of sp³-hybridized carbons (Fsp3) is 0.594. The van der Waals surface area contributed by atoms with E-state index in [0.717, 1.165) is 25.1 Å². The van der Waals surface area contributed by atoms with Crippen LogP contribution in [0.1, 0.15) is 96.1 Å². The Kier molecular flexibility index (Phi) is 13.6. The molecule has 0 amide bonds. The van der Waals surface area contributed by atoms with Crippen LogP contribution in [0.25, 0.3) is 0 Å². The highest BCUT2D eigenvalue weighted by molar-refractivity contribution is 5.74. The third-order valence-corrected chi connectivity index (χ3v) is 7.17. The predicted octanol–water partition coefficient (Wildman–Crippen LogP) is 8.08. The van der Waals surface area contributed by atoms with Crippen molar-refractivity contribution in [2.75, 3.05) is 14.1 Å². The first-order valence-corrected chi connectivity index (χ1v) is 14.1. The smallest absolute Gasteiger partial charge is 0.367 e. The molecule has 0 N–H and O–H groups in total. The predicted molar refractivity (Wildman–Crippen MR) is 150 cm³/mol. The minimum atomic E-state index is -0.634. The van der Waals surface area contributed by atoms with Gasteiger partial charge in [-0.05, 0) is 31.4 Å². The maximum atomic E-state index is 12.9.